The van der Waals surface area contributed by atoms with E-state index in [2.05, 4.69) is 5.32 Å². The van der Waals surface area contributed by atoms with Gasteiger partial charge in [0, 0.05) is 6.61 Å². The normalized spacial score (nSPS) is 35.3. The van der Waals surface area contributed by atoms with Gasteiger partial charge in [0.05, 0.1) is 12.6 Å². The molecule has 0 aromatic heterocycles. The van der Waals surface area contributed by atoms with E-state index in [1.54, 1.807) is 6.92 Å². The minimum atomic E-state index is -0.581. The fourth-order valence-electron chi connectivity index (χ4n) is 3.60. The van der Waals surface area contributed by atoms with E-state index in [1.165, 1.54) is 0 Å². The molecule has 1 spiro atoms. The molecular formula is C13H20N2O3. The highest BCUT2D eigenvalue weighted by Gasteiger charge is 2.55. The second-order valence-electron chi connectivity index (χ2n) is 5.66. The Bertz CT molecular complexity index is 370. The van der Waals surface area contributed by atoms with E-state index in [1.807, 2.05) is 4.90 Å². The van der Waals surface area contributed by atoms with Crippen molar-refractivity contribution in [1.82, 2.24) is 10.2 Å². The standard InChI is InChI=1S/C13H20N2O3/c1-9-11(16)15(10-4-7-18-8-10)13(12(17)14-9)5-2-3-6-13/h9-10H,2-8H2,1H3,(H,14,17). The van der Waals surface area contributed by atoms with Crippen molar-refractivity contribution >= 4 is 11.8 Å². The lowest BCUT2D eigenvalue weighted by molar-refractivity contribution is -0.160. The number of piperazine rings is 1. The van der Waals surface area contributed by atoms with Gasteiger partial charge in [0.1, 0.15) is 11.6 Å². The molecule has 1 N–H and O–H groups in total. The van der Waals surface area contributed by atoms with Crippen molar-refractivity contribution in [3.63, 3.8) is 0 Å². The van der Waals surface area contributed by atoms with Crippen LogP contribution in [0.5, 0.6) is 0 Å². The highest BCUT2D eigenvalue weighted by Crippen LogP contribution is 2.40. The molecule has 3 rings (SSSR count). The molecule has 0 aromatic carbocycles. The number of carbonyl (C=O) groups is 2. The molecule has 2 heterocycles. The van der Waals surface area contributed by atoms with Crippen molar-refractivity contribution in [2.45, 2.75) is 56.7 Å². The van der Waals surface area contributed by atoms with Gasteiger partial charge in [-0.05, 0) is 26.2 Å². The van der Waals surface area contributed by atoms with E-state index in [0.717, 1.165) is 32.1 Å². The monoisotopic (exact) mass is 252 g/mol. The number of ether oxygens (including phenoxy) is 1. The lowest BCUT2D eigenvalue weighted by Crippen LogP contribution is -2.71. The van der Waals surface area contributed by atoms with Crippen molar-refractivity contribution in [1.29, 1.82) is 0 Å². The molecule has 100 valence electrons. The SMILES string of the molecule is CC1NC(=O)C2(CCCC2)N(C2CCOC2)C1=O. The second-order valence-corrected chi connectivity index (χ2v) is 5.66. The van der Waals surface area contributed by atoms with E-state index in [9.17, 15) is 9.59 Å². The largest absolute Gasteiger partial charge is 0.379 e. The summed E-state index contributed by atoms with van der Waals surface area (Å²) in [7, 11) is 0. The summed E-state index contributed by atoms with van der Waals surface area (Å²) in [5.41, 5.74) is -0.581. The highest BCUT2D eigenvalue weighted by atomic mass is 16.5. The number of nitrogens with one attached hydrogen (secondary N) is 1. The maximum atomic E-state index is 12.5. The topological polar surface area (TPSA) is 58.6 Å². The Hall–Kier alpha value is -1.10. The Morgan fingerprint density at radius 2 is 2.06 bits per heavy atom. The highest BCUT2D eigenvalue weighted by molar-refractivity contribution is 6.00. The van der Waals surface area contributed by atoms with Crippen molar-refractivity contribution in [2.75, 3.05) is 13.2 Å². The summed E-state index contributed by atoms with van der Waals surface area (Å²) in [6.07, 6.45) is 4.51. The van der Waals surface area contributed by atoms with Gasteiger partial charge in [-0.3, -0.25) is 9.59 Å². The van der Waals surface area contributed by atoms with E-state index in [0.29, 0.717) is 13.2 Å². The molecule has 0 aromatic rings. The third-order valence-corrected chi connectivity index (χ3v) is 4.54. The summed E-state index contributed by atoms with van der Waals surface area (Å²) in [4.78, 5) is 26.7. The number of rotatable bonds is 1. The number of hydrogen-bond acceptors (Lipinski definition) is 3. The van der Waals surface area contributed by atoms with Crippen molar-refractivity contribution in [2.24, 2.45) is 0 Å². The van der Waals surface area contributed by atoms with Crippen LogP contribution in [0.25, 0.3) is 0 Å². The molecule has 3 aliphatic rings. The van der Waals surface area contributed by atoms with Crippen LogP contribution in [-0.2, 0) is 14.3 Å². The van der Waals surface area contributed by atoms with Crippen LogP contribution < -0.4 is 5.32 Å². The zero-order valence-electron chi connectivity index (χ0n) is 10.8. The Morgan fingerprint density at radius 3 is 2.67 bits per heavy atom. The first-order valence-corrected chi connectivity index (χ1v) is 6.87. The van der Waals surface area contributed by atoms with E-state index in [-0.39, 0.29) is 17.9 Å². The summed E-state index contributed by atoms with van der Waals surface area (Å²) >= 11 is 0. The molecule has 1 aliphatic carbocycles. The van der Waals surface area contributed by atoms with Crippen LogP contribution in [0.2, 0.25) is 0 Å². The summed E-state index contributed by atoms with van der Waals surface area (Å²) in [5, 5.41) is 2.84. The molecule has 3 fully saturated rings. The van der Waals surface area contributed by atoms with Gasteiger partial charge in [0.25, 0.3) is 0 Å². The number of nitrogens with zero attached hydrogens (tertiary/aromatic N) is 1. The van der Waals surface area contributed by atoms with E-state index >= 15 is 0 Å². The Kier molecular flexibility index (Phi) is 2.81. The quantitative estimate of drug-likeness (QED) is 0.736. The molecule has 2 amide bonds. The van der Waals surface area contributed by atoms with Gasteiger partial charge in [-0.2, -0.15) is 0 Å². The first-order chi connectivity index (χ1) is 8.65. The van der Waals surface area contributed by atoms with Crippen molar-refractivity contribution < 1.29 is 14.3 Å². The molecule has 2 atom stereocenters. The van der Waals surface area contributed by atoms with Crippen molar-refractivity contribution in [3.8, 4) is 0 Å². The Morgan fingerprint density at radius 1 is 1.33 bits per heavy atom. The minimum Gasteiger partial charge on any atom is -0.379 e. The van der Waals surface area contributed by atoms with Crippen LogP contribution in [0.15, 0.2) is 0 Å². The molecule has 2 saturated heterocycles. The van der Waals surface area contributed by atoms with E-state index in [4.69, 9.17) is 4.74 Å². The lowest BCUT2D eigenvalue weighted by atomic mass is 9.87. The van der Waals surface area contributed by atoms with Crippen molar-refractivity contribution in [3.05, 3.63) is 0 Å². The summed E-state index contributed by atoms with van der Waals surface area (Å²) in [6, 6.07) is -0.312. The number of carbonyl (C=O) groups excluding carboxylic acids is 2. The zero-order chi connectivity index (χ0) is 12.8. The maximum Gasteiger partial charge on any atom is 0.246 e. The Labute approximate surface area is 107 Å². The third-order valence-electron chi connectivity index (χ3n) is 4.54. The predicted molar refractivity (Wildman–Crippen MR) is 64.9 cm³/mol. The van der Waals surface area contributed by atoms with Crippen LogP contribution in [-0.4, -0.2) is 47.6 Å². The van der Waals surface area contributed by atoms with Crippen LogP contribution in [0.4, 0.5) is 0 Å². The van der Waals surface area contributed by atoms with Crippen LogP contribution >= 0.6 is 0 Å². The third kappa shape index (κ3) is 1.56. The average molecular weight is 252 g/mol. The first-order valence-electron chi connectivity index (χ1n) is 6.87. The molecule has 1 saturated carbocycles. The predicted octanol–water partition coefficient (Wildman–Crippen LogP) is 0.435. The molecule has 0 radical (unpaired) electrons. The van der Waals surface area contributed by atoms with Crippen LogP contribution in [0.3, 0.4) is 0 Å². The lowest BCUT2D eigenvalue weighted by Gasteiger charge is -2.48. The number of hydrogen-bond donors (Lipinski definition) is 1. The van der Waals surface area contributed by atoms with Gasteiger partial charge in [0.2, 0.25) is 11.8 Å². The minimum absolute atomic E-state index is 0.0407. The Balaban J connectivity index is 1.96. The van der Waals surface area contributed by atoms with Gasteiger partial charge in [0.15, 0.2) is 0 Å². The first kappa shape index (κ1) is 12.0. The van der Waals surface area contributed by atoms with Gasteiger partial charge < -0.3 is 15.0 Å². The molecular weight excluding hydrogens is 232 g/mol. The number of amides is 2. The maximum absolute atomic E-state index is 12.5. The summed E-state index contributed by atoms with van der Waals surface area (Å²) < 4.78 is 5.41. The van der Waals surface area contributed by atoms with Gasteiger partial charge in [-0.15, -0.1) is 0 Å². The van der Waals surface area contributed by atoms with Gasteiger partial charge >= 0.3 is 0 Å². The molecule has 2 unspecified atom stereocenters. The van der Waals surface area contributed by atoms with Crippen LogP contribution in [0.1, 0.15) is 39.0 Å². The van der Waals surface area contributed by atoms with Gasteiger partial charge in [-0.1, -0.05) is 12.8 Å². The van der Waals surface area contributed by atoms with Crippen LogP contribution in [0, 0.1) is 0 Å². The fourth-order valence-corrected chi connectivity index (χ4v) is 3.60. The van der Waals surface area contributed by atoms with E-state index < -0.39 is 11.6 Å². The molecule has 5 heteroatoms. The summed E-state index contributed by atoms with van der Waals surface area (Å²) in [6.45, 7) is 3.04. The summed E-state index contributed by atoms with van der Waals surface area (Å²) in [5.74, 6) is 0.103. The second kappa shape index (κ2) is 4.23. The van der Waals surface area contributed by atoms with Gasteiger partial charge in [-0.25, -0.2) is 0 Å². The molecule has 0 bridgehead atoms. The molecule has 2 aliphatic heterocycles. The zero-order valence-corrected chi connectivity index (χ0v) is 10.8. The molecule has 5 nitrogen and oxygen atoms in total. The smallest absolute Gasteiger partial charge is 0.246 e. The fraction of sp³-hybridized carbons (Fsp3) is 0.846. The average Bonchev–Trinajstić information content (AvgIpc) is 2.99. The molecule has 18 heavy (non-hydrogen) atoms.